The van der Waals surface area contributed by atoms with Gasteiger partial charge in [-0.25, -0.2) is 14.2 Å². The van der Waals surface area contributed by atoms with Gasteiger partial charge in [-0.05, 0) is 31.4 Å². The van der Waals surface area contributed by atoms with Gasteiger partial charge in [-0.2, -0.15) is 0 Å². The average Bonchev–Trinajstić information content (AvgIpc) is 2.52. The number of hydrogen-bond donors (Lipinski definition) is 2. The molecule has 0 aliphatic heterocycles. The number of ether oxygens (including phenoxy) is 1. The number of halogens is 1. The predicted octanol–water partition coefficient (Wildman–Crippen LogP) is 1.23. The Balaban J connectivity index is 2.60. The van der Waals surface area contributed by atoms with E-state index in [-0.39, 0.29) is 23.9 Å². The monoisotopic (exact) mass is 309 g/mol. The smallest absolute Gasteiger partial charge is 0.343 e. The minimum absolute atomic E-state index is 0.151. The highest BCUT2D eigenvalue weighted by atomic mass is 19.1. The molecule has 0 heterocycles. The maximum Gasteiger partial charge on any atom is 0.343 e. The number of aliphatic imine (C=N–C) groups is 1. The van der Waals surface area contributed by atoms with Crippen LogP contribution < -0.4 is 10.6 Å². The lowest BCUT2D eigenvalue weighted by Crippen LogP contribution is -2.37. The first-order valence-electron chi connectivity index (χ1n) is 6.96. The molecule has 0 saturated heterocycles. The van der Waals surface area contributed by atoms with Crippen LogP contribution >= 0.6 is 0 Å². The van der Waals surface area contributed by atoms with Gasteiger partial charge in [-0.1, -0.05) is 6.08 Å². The van der Waals surface area contributed by atoms with E-state index in [0.717, 1.165) is 6.20 Å². The molecule has 0 aromatic carbocycles. The molecule has 0 aromatic rings. The zero-order valence-corrected chi connectivity index (χ0v) is 12.6. The van der Waals surface area contributed by atoms with Gasteiger partial charge in [0.1, 0.15) is 11.4 Å². The molecule has 0 aromatic heterocycles. The predicted molar refractivity (Wildman–Crippen MR) is 81.7 cm³/mol. The van der Waals surface area contributed by atoms with Gasteiger partial charge in [-0.15, -0.1) is 0 Å². The van der Waals surface area contributed by atoms with Crippen LogP contribution in [-0.4, -0.2) is 38.4 Å². The van der Waals surface area contributed by atoms with Crippen molar-refractivity contribution in [1.82, 2.24) is 10.6 Å². The van der Waals surface area contributed by atoms with Gasteiger partial charge >= 0.3 is 5.97 Å². The zero-order chi connectivity index (χ0) is 16.4. The number of guanidine groups is 1. The molecule has 1 aliphatic rings. The van der Waals surface area contributed by atoms with E-state index in [1.807, 2.05) is 0 Å². The van der Waals surface area contributed by atoms with Crippen LogP contribution in [0.1, 0.15) is 13.3 Å². The third kappa shape index (κ3) is 5.90. The van der Waals surface area contributed by atoms with Crippen molar-refractivity contribution < 1.29 is 18.7 Å². The van der Waals surface area contributed by atoms with Gasteiger partial charge in [0.15, 0.2) is 12.2 Å². The third-order valence-electron chi connectivity index (χ3n) is 2.88. The van der Waals surface area contributed by atoms with Gasteiger partial charge in [-0.3, -0.25) is 4.79 Å². The van der Waals surface area contributed by atoms with Crippen molar-refractivity contribution in [3.63, 3.8) is 0 Å². The van der Waals surface area contributed by atoms with E-state index in [9.17, 15) is 14.0 Å². The lowest BCUT2D eigenvalue weighted by atomic mass is 10.0. The summed E-state index contributed by atoms with van der Waals surface area (Å²) in [7, 11) is 1.65. The second kappa shape index (κ2) is 9.49. The Morgan fingerprint density at radius 1 is 1.59 bits per heavy atom. The highest BCUT2D eigenvalue weighted by Crippen LogP contribution is 2.15. The fourth-order valence-electron chi connectivity index (χ4n) is 1.70. The summed E-state index contributed by atoms with van der Waals surface area (Å²) in [4.78, 5) is 26.3. The largest absolute Gasteiger partial charge is 0.462 e. The number of aldehydes is 1. The Bertz CT molecular complexity index is 524. The van der Waals surface area contributed by atoms with Crippen LogP contribution in [-0.2, 0) is 14.3 Å². The van der Waals surface area contributed by atoms with Gasteiger partial charge in [0.2, 0.25) is 0 Å². The number of nitrogens with zero attached hydrogens (tertiary/aromatic N) is 1. The first-order valence-corrected chi connectivity index (χ1v) is 6.96. The van der Waals surface area contributed by atoms with Gasteiger partial charge in [0.25, 0.3) is 0 Å². The number of nitrogens with one attached hydrogen (secondary N) is 2. The van der Waals surface area contributed by atoms with Gasteiger partial charge in [0.05, 0.1) is 6.61 Å². The van der Waals surface area contributed by atoms with Crippen molar-refractivity contribution in [1.29, 1.82) is 0 Å². The quantitative estimate of drug-likeness (QED) is 0.147. The van der Waals surface area contributed by atoms with E-state index >= 15 is 0 Å². The molecule has 1 rings (SSSR count). The fourth-order valence-corrected chi connectivity index (χ4v) is 1.70. The highest BCUT2D eigenvalue weighted by molar-refractivity contribution is 6.07. The molecule has 7 heteroatoms. The van der Waals surface area contributed by atoms with Crippen LogP contribution in [0, 0.1) is 5.92 Å². The molecule has 2 N–H and O–H groups in total. The van der Waals surface area contributed by atoms with E-state index in [0.29, 0.717) is 25.2 Å². The highest BCUT2D eigenvalue weighted by Gasteiger charge is 2.10. The number of rotatable bonds is 6. The summed E-state index contributed by atoms with van der Waals surface area (Å²) in [6.45, 7) is 2.38. The van der Waals surface area contributed by atoms with Crippen LogP contribution in [0.3, 0.4) is 0 Å². The molecule has 0 amide bonds. The fraction of sp³-hybridized carbons (Fsp3) is 0.400. The molecule has 22 heavy (non-hydrogen) atoms. The lowest BCUT2D eigenvalue weighted by Gasteiger charge is -2.16. The zero-order valence-electron chi connectivity index (χ0n) is 12.6. The SMILES string of the molecule is CCOC(=O)/C(C=O)=C/N=C(\NC)NCC1C=CC(F)=CC1. The lowest BCUT2D eigenvalue weighted by molar-refractivity contribution is -0.139. The van der Waals surface area contributed by atoms with Crippen LogP contribution in [0.25, 0.3) is 0 Å². The van der Waals surface area contributed by atoms with Crippen LogP contribution in [0.15, 0.2) is 40.8 Å². The molecule has 1 aliphatic carbocycles. The minimum Gasteiger partial charge on any atom is -0.462 e. The molecule has 0 bridgehead atoms. The number of hydrogen-bond acceptors (Lipinski definition) is 4. The van der Waals surface area contributed by atoms with Crippen molar-refractivity contribution >= 4 is 18.2 Å². The van der Waals surface area contributed by atoms with E-state index < -0.39 is 5.97 Å². The Hall–Kier alpha value is -2.44. The summed E-state index contributed by atoms with van der Waals surface area (Å²) in [5.41, 5.74) is -0.168. The first-order chi connectivity index (χ1) is 10.6. The molecular formula is C15H20FN3O3. The molecule has 0 saturated carbocycles. The Kier molecular flexibility index (Phi) is 7.60. The van der Waals surface area contributed by atoms with Gasteiger partial charge < -0.3 is 15.4 Å². The summed E-state index contributed by atoms with van der Waals surface area (Å²) < 4.78 is 17.6. The maximum absolute atomic E-state index is 12.8. The Labute approximate surface area is 128 Å². The second-order valence-electron chi connectivity index (χ2n) is 4.48. The normalized spacial score (nSPS) is 18.5. The third-order valence-corrected chi connectivity index (χ3v) is 2.88. The van der Waals surface area contributed by atoms with E-state index in [4.69, 9.17) is 4.74 Å². The first kappa shape index (κ1) is 17.6. The Morgan fingerprint density at radius 2 is 2.36 bits per heavy atom. The minimum atomic E-state index is -0.715. The summed E-state index contributed by atoms with van der Waals surface area (Å²) in [6.07, 6.45) is 6.86. The van der Waals surface area contributed by atoms with Crippen molar-refractivity contribution in [3.8, 4) is 0 Å². The molecule has 0 radical (unpaired) electrons. The van der Waals surface area contributed by atoms with Gasteiger partial charge in [0, 0.05) is 19.8 Å². The summed E-state index contributed by atoms with van der Waals surface area (Å²) in [5, 5.41) is 5.84. The van der Waals surface area contributed by atoms with Crippen molar-refractivity contribution in [3.05, 3.63) is 35.8 Å². The molecule has 0 fully saturated rings. The molecule has 6 nitrogen and oxygen atoms in total. The van der Waals surface area contributed by atoms with E-state index in [1.54, 1.807) is 20.0 Å². The van der Waals surface area contributed by atoms with Crippen LogP contribution in [0.2, 0.25) is 0 Å². The number of carbonyl (C=O) groups is 2. The maximum atomic E-state index is 12.8. The van der Waals surface area contributed by atoms with Crippen LogP contribution in [0.5, 0.6) is 0 Å². The van der Waals surface area contributed by atoms with Crippen molar-refractivity contribution in [2.45, 2.75) is 13.3 Å². The molecular weight excluding hydrogens is 289 g/mol. The van der Waals surface area contributed by atoms with E-state index in [1.165, 1.54) is 12.2 Å². The van der Waals surface area contributed by atoms with E-state index in [2.05, 4.69) is 15.6 Å². The average molecular weight is 309 g/mol. The molecule has 120 valence electrons. The summed E-state index contributed by atoms with van der Waals surface area (Å²) in [5.74, 6) is -0.399. The molecule has 0 spiro atoms. The molecule has 1 atom stereocenters. The Morgan fingerprint density at radius 3 is 2.91 bits per heavy atom. The second-order valence-corrected chi connectivity index (χ2v) is 4.48. The van der Waals surface area contributed by atoms with Crippen LogP contribution in [0.4, 0.5) is 4.39 Å². The standard InChI is InChI=1S/C15H20FN3O3/c1-3-22-14(21)12(10-20)9-19-15(17-2)18-8-11-4-6-13(16)7-5-11/h4,6-7,9-11H,3,5,8H2,1-2H3,(H2,17,18,19)/b12-9+. The summed E-state index contributed by atoms with van der Waals surface area (Å²) >= 11 is 0. The molecule has 1 unspecified atom stereocenters. The number of carbonyl (C=O) groups excluding carboxylic acids is 2. The topological polar surface area (TPSA) is 79.8 Å². The number of allylic oxidation sites excluding steroid dienone is 3. The van der Waals surface area contributed by atoms with Crippen molar-refractivity contribution in [2.75, 3.05) is 20.2 Å². The van der Waals surface area contributed by atoms with Crippen molar-refractivity contribution in [2.24, 2.45) is 10.9 Å². The number of esters is 1. The summed E-state index contributed by atoms with van der Waals surface area (Å²) in [6, 6.07) is 0.